The average molecular weight is 349 g/mol. The van der Waals surface area contributed by atoms with Crippen LogP contribution < -0.4 is 5.32 Å². The van der Waals surface area contributed by atoms with E-state index >= 15 is 0 Å². The maximum Gasteiger partial charge on any atom is 0.0945 e. The summed E-state index contributed by atoms with van der Waals surface area (Å²) in [5.41, 5.74) is 1.57. The smallest absolute Gasteiger partial charge is 0.0945 e. The molecule has 0 bridgehead atoms. The lowest BCUT2D eigenvalue weighted by Gasteiger charge is -2.18. The molecule has 1 heterocycles. The van der Waals surface area contributed by atoms with E-state index in [-0.39, 0.29) is 30.4 Å². The minimum absolute atomic E-state index is 0. The van der Waals surface area contributed by atoms with E-state index in [2.05, 4.69) is 27.0 Å². The Morgan fingerprint density at radius 2 is 1.90 bits per heavy atom. The lowest BCUT2D eigenvalue weighted by atomic mass is 10.1. The fourth-order valence-electron chi connectivity index (χ4n) is 2.47. The van der Waals surface area contributed by atoms with E-state index in [9.17, 15) is 0 Å². The summed E-state index contributed by atoms with van der Waals surface area (Å²) in [7, 11) is 0. The third-order valence-corrected chi connectivity index (χ3v) is 4.01. The van der Waals surface area contributed by atoms with Gasteiger partial charge in [-0.2, -0.15) is 0 Å². The average Bonchev–Trinajstić information content (AvgIpc) is 3.03. The Kier molecular flexibility index (Phi) is 7.01. The SMILES string of the molecule is Cl.Cl.Clc1ccc(C2(NCCCn3ccnc3)CC2)cc1. The number of aromatic nitrogens is 2. The second-order valence-electron chi connectivity index (χ2n) is 5.17. The van der Waals surface area contributed by atoms with Gasteiger partial charge in [-0.25, -0.2) is 4.98 Å². The highest BCUT2D eigenvalue weighted by molar-refractivity contribution is 6.30. The van der Waals surface area contributed by atoms with Gasteiger partial charge in [-0.1, -0.05) is 23.7 Å². The zero-order valence-electron chi connectivity index (χ0n) is 11.7. The molecule has 1 aromatic heterocycles. The van der Waals surface area contributed by atoms with Crippen LogP contribution in [0.3, 0.4) is 0 Å². The van der Waals surface area contributed by atoms with Crippen molar-refractivity contribution in [3.05, 3.63) is 53.6 Å². The molecule has 1 saturated carbocycles. The fourth-order valence-corrected chi connectivity index (χ4v) is 2.60. The molecule has 0 unspecified atom stereocenters. The fraction of sp³-hybridized carbons (Fsp3) is 0.400. The number of hydrogen-bond donors (Lipinski definition) is 1. The Morgan fingerprint density at radius 1 is 1.19 bits per heavy atom. The summed E-state index contributed by atoms with van der Waals surface area (Å²) in [4.78, 5) is 4.05. The standard InChI is InChI=1S/C15H18ClN3.2ClH/c16-14-4-2-13(3-5-14)15(6-7-15)18-8-1-10-19-11-9-17-12-19;;/h2-5,9,11-12,18H,1,6-8,10H2;2*1H. The third kappa shape index (κ3) is 4.62. The van der Waals surface area contributed by atoms with Crippen LogP contribution in [-0.2, 0) is 12.1 Å². The quantitative estimate of drug-likeness (QED) is 0.798. The summed E-state index contributed by atoms with van der Waals surface area (Å²) in [6.45, 7) is 2.05. The van der Waals surface area contributed by atoms with E-state index in [1.807, 2.05) is 30.9 Å². The minimum atomic E-state index is 0. The number of nitrogens with zero attached hydrogens (tertiary/aromatic N) is 2. The van der Waals surface area contributed by atoms with Gasteiger partial charge >= 0.3 is 0 Å². The number of halogens is 3. The first-order valence-corrected chi connectivity index (χ1v) is 7.13. The Morgan fingerprint density at radius 3 is 2.48 bits per heavy atom. The van der Waals surface area contributed by atoms with Gasteiger partial charge in [0.1, 0.15) is 0 Å². The number of imidazole rings is 1. The van der Waals surface area contributed by atoms with E-state index in [1.54, 1.807) is 0 Å². The van der Waals surface area contributed by atoms with Crippen molar-refractivity contribution in [3.63, 3.8) is 0 Å². The number of benzene rings is 1. The Bertz CT molecular complexity index is 522. The lowest BCUT2D eigenvalue weighted by Crippen LogP contribution is -2.30. The predicted octanol–water partition coefficient (Wildman–Crippen LogP) is 4.05. The van der Waals surface area contributed by atoms with Gasteiger partial charge < -0.3 is 9.88 Å². The molecule has 2 aromatic rings. The second-order valence-corrected chi connectivity index (χ2v) is 5.61. The van der Waals surface area contributed by atoms with Crippen molar-refractivity contribution in [2.45, 2.75) is 31.3 Å². The molecule has 1 N–H and O–H groups in total. The molecule has 0 saturated heterocycles. The Balaban J connectivity index is 0.00000110. The Hall–Kier alpha value is -0.740. The summed E-state index contributed by atoms with van der Waals surface area (Å²) in [5.74, 6) is 0. The van der Waals surface area contributed by atoms with E-state index in [1.165, 1.54) is 18.4 Å². The molecule has 1 aliphatic carbocycles. The van der Waals surface area contributed by atoms with Crippen molar-refractivity contribution in [3.8, 4) is 0 Å². The van der Waals surface area contributed by atoms with Gasteiger partial charge in [0.15, 0.2) is 0 Å². The molecule has 1 aliphatic rings. The molecule has 0 atom stereocenters. The molecular weight excluding hydrogens is 329 g/mol. The molecule has 0 radical (unpaired) electrons. The summed E-state index contributed by atoms with van der Waals surface area (Å²) in [6.07, 6.45) is 9.26. The van der Waals surface area contributed by atoms with Gasteiger partial charge in [0, 0.05) is 29.5 Å². The van der Waals surface area contributed by atoms with E-state index in [4.69, 9.17) is 11.6 Å². The highest BCUT2D eigenvalue weighted by Gasteiger charge is 2.43. The first-order valence-electron chi connectivity index (χ1n) is 6.75. The van der Waals surface area contributed by atoms with Crippen LogP contribution in [0.25, 0.3) is 0 Å². The van der Waals surface area contributed by atoms with Crippen molar-refractivity contribution in [1.82, 2.24) is 14.9 Å². The van der Waals surface area contributed by atoms with E-state index in [0.717, 1.165) is 24.5 Å². The molecule has 3 rings (SSSR count). The number of nitrogens with one attached hydrogen (secondary N) is 1. The van der Waals surface area contributed by atoms with Gasteiger partial charge in [0.2, 0.25) is 0 Å². The van der Waals surface area contributed by atoms with E-state index < -0.39 is 0 Å². The maximum atomic E-state index is 5.94. The van der Waals surface area contributed by atoms with E-state index in [0.29, 0.717) is 0 Å². The molecule has 0 spiro atoms. The largest absolute Gasteiger partial charge is 0.337 e. The van der Waals surface area contributed by atoms with Crippen LogP contribution in [0.5, 0.6) is 0 Å². The van der Waals surface area contributed by atoms with Crippen LogP contribution in [0, 0.1) is 0 Å². The lowest BCUT2D eigenvalue weighted by molar-refractivity contribution is 0.488. The van der Waals surface area contributed by atoms with Crippen LogP contribution in [0.1, 0.15) is 24.8 Å². The molecule has 3 nitrogen and oxygen atoms in total. The molecule has 0 amide bonds. The van der Waals surface area contributed by atoms with Crippen molar-refractivity contribution in [2.75, 3.05) is 6.54 Å². The monoisotopic (exact) mass is 347 g/mol. The Labute approximate surface area is 142 Å². The highest BCUT2D eigenvalue weighted by atomic mass is 35.5. The van der Waals surface area contributed by atoms with Gasteiger partial charge in [0.05, 0.1) is 6.33 Å². The predicted molar refractivity (Wildman–Crippen MR) is 91.7 cm³/mol. The molecule has 21 heavy (non-hydrogen) atoms. The van der Waals surface area contributed by atoms with Crippen LogP contribution >= 0.6 is 36.4 Å². The third-order valence-electron chi connectivity index (χ3n) is 3.76. The molecule has 116 valence electrons. The number of rotatable bonds is 6. The van der Waals surface area contributed by atoms with Crippen molar-refractivity contribution >= 4 is 36.4 Å². The zero-order chi connectivity index (χ0) is 13.1. The van der Waals surface area contributed by atoms with Crippen molar-refractivity contribution < 1.29 is 0 Å². The zero-order valence-corrected chi connectivity index (χ0v) is 14.1. The molecule has 6 heteroatoms. The first-order chi connectivity index (χ1) is 9.28. The minimum Gasteiger partial charge on any atom is -0.337 e. The van der Waals surface area contributed by atoms with Gasteiger partial charge in [-0.05, 0) is 43.5 Å². The van der Waals surface area contributed by atoms with Gasteiger partial charge in [0.25, 0.3) is 0 Å². The van der Waals surface area contributed by atoms with Crippen molar-refractivity contribution in [2.24, 2.45) is 0 Å². The van der Waals surface area contributed by atoms with Crippen LogP contribution in [0.2, 0.25) is 5.02 Å². The van der Waals surface area contributed by atoms with Gasteiger partial charge in [-0.3, -0.25) is 0 Å². The molecule has 0 aliphatic heterocycles. The van der Waals surface area contributed by atoms with Crippen LogP contribution in [0.4, 0.5) is 0 Å². The normalized spacial score (nSPS) is 14.9. The van der Waals surface area contributed by atoms with Crippen LogP contribution in [0.15, 0.2) is 43.0 Å². The topological polar surface area (TPSA) is 29.9 Å². The molecular formula is C15H20Cl3N3. The maximum absolute atomic E-state index is 5.94. The summed E-state index contributed by atoms with van der Waals surface area (Å²) < 4.78 is 2.11. The summed E-state index contributed by atoms with van der Waals surface area (Å²) in [5, 5.41) is 4.50. The first kappa shape index (κ1) is 18.3. The van der Waals surface area contributed by atoms with Crippen molar-refractivity contribution in [1.29, 1.82) is 0 Å². The van der Waals surface area contributed by atoms with Gasteiger partial charge in [-0.15, -0.1) is 24.8 Å². The summed E-state index contributed by atoms with van der Waals surface area (Å²) in [6, 6.07) is 8.23. The second kappa shape index (κ2) is 8.04. The molecule has 1 fully saturated rings. The number of aryl methyl sites for hydroxylation is 1. The van der Waals surface area contributed by atoms with Crippen LogP contribution in [-0.4, -0.2) is 16.1 Å². The number of hydrogen-bond acceptors (Lipinski definition) is 2. The summed E-state index contributed by atoms with van der Waals surface area (Å²) >= 11 is 5.94. The molecule has 1 aromatic carbocycles. The highest BCUT2D eigenvalue weighted by Crippen LogP contribution is 2.45.